The molecule has 0 spiro atoms. The van der Waals surface area contributed by atoms with Gasteiger partial charge >= 0.3 is 0 Å². The summed E-state index contributed by atoms with van der Waals surface area (Å²) in [6.45, 7) is 0. The molecule has 20 heavy (non-hydrogen) atoms. The average molecular weight is 272 g/mol. The van der Waals surface area contributed by atoms with Crippen molar-refractivity contribution in [2.75, 3.05) is 0 Å². The SMILES string of the molecule is O=C(c1ccc([N+](=O)[O-])cc1)c1ccccc1[N+](=O)[O-]. The lowest BCUT2D eigenvalue weighted by Gasteiger charge is -2.02. The monoisotopic (exact) mass is 272 g/mol. The molecule has 0 aromatic heterocycles. The van der Waals surface area contributed by atoms with Gasteiger partial charge in [0.2, 0.25) is 0 Å². The summed E-state index contributed by atoms with van der Waals surface area (Å²) in [4.78, 5) is 32.3. The third-order valence-corrected chi connectivity index (χ3v) is 2.69. The van der Waals surface area contributed by atoms with Crippen LogP contribution in [0.2, 0.25) is 0 Å². The number of nitro groups is 2. The fraction of sp³-hybridized carbons (Fsp3) is 0. The van der Waals surface area contributed by atoms with Gasteiger partial charge in [-0.25, -0.2) is 0 Å². The Balaban J connectivity index is 2.41. The standard InChI is InChI=1S/C13H8N2O5/c16-13(9-5-7-10(8-6-9)14(17)18)11-3-1-2-4-12(11)15(19)20/h1-8H. The van der Waals surface area contributed by atoms with Gasteiger partial charge in [0.15, 0.2) is 5.78 Å². The largest absolute Gasteiger partial charge is 0.288 e. The van der Waals surface area contributed by atoms with E-state index in [9.17, 15) is 25.0 Å². The predicted octanol–water partition coefficient (Wildman–Crippen LogP) is 2.73. The maximum atomic E-state index is 12.2. The van der Waals surface area contributed by atoms with E-state index in [1.165, 1.54) is 48.5 Å². The Morgan fingerprint density at radius 3 is 2.00 bits per heavy atom. The highest BCUT2D eigenvalue weighted by Gasteiger charge is 2.20. The Bertz CT molecular complexity index is 694. The van der Waals surface area contributed by atoms with E-state index in [0.717, 1.165) is 0 Å². The zero-order chi connectivity index (χ0) is 14.7. The van der Waals surface area contributed by atoms with Crippen molar-refractivity contribution in [3.63, 3.8) is 0 Å². The maximum Gasteiger partial charge on any atom is 0.280 e. The number of hydrogen-bond donors (Lipinski definition) is 0. The molecule has 0 N–H and O–H groups in total. The van der Waals surface area contributed by atoms with Gasteiger partial charge in [0.25, 0.3) is 11.4 Å². The lowest BCUT2D eigenvalue weighted by molar-refractivity contribution is -0.385. The summed E-state index contributed by atoms with van der Waals surface area (Å²) in [6.07, 6.45) is 0. The van der Waals surface area contributed by atoms with Crippen molar-refractivity contribution in [3.8, 4) is 0 Å². The van der Waals surface area contributed by atoms with Gasteiger partial charge in [0.1, 0.15) is 5.56 Å². The summed E-state index contributed by atoms with van der Waals surface area (Å²) in [5, 5.41) is 21.4. The Kier molecular flexibility index (Phi) is 3.52. The topological polar surface area (TPSA) is 103 Å². The molecule has 0 bridgehead atoms. The quantitative estimate of drug-likeness (QED) is 0.483. The minimum absolute atomic E-state index is 0.0497. The first kappa shape index (κ1) is 13.3. The molecule has 7 heteroatoms. The van der Waals surface area contributed by atoms with E-state index in [2.05, 4.69) is 0 Å². The summed E-state index contributed by atoms with van der Waals surface area (Å²) in [5.41, 5.74) is -0.337. The first-order valence-corrected chi connectivity index (χ1v) is 5.53. The van der Waals surface area contributed by atoms with E-state index in [4.69, 9.17) is 0 Å². The number of carbonyl (C=O) groups excluding carboxylic acids is 1. The minimum atomic E-state index is -0.640. The lowest BCUT2D eigenvalue weighted by atomic mass is 10.0. The smallest absolute Gasteiger partial charge is 0.280 e. The van der Waals surface area contributed by atoms with Crippen LogP contribution in [0.1, 0.15) is 15.9 Å². The molecule has 0 atom stereocenters. The van der Waals surface area contributed by atoms with Gasteiger partial charge in [0, 0.05) is 23.8 Å². The minimum Gasteiger partial charge on any atom is -0.288 e. The number of nitrogens with zero attached hydrogens (tertiary/aromatic N) is 2. The van der Waals surface area contributed by atoms with Crippen LogP contribution in [0.25, 0.3) is 0 Å². The van der Waals surface area contributed by atoms with E-state index in [-0.39, 0.29) is 22.5 Å². The first-order chi connectivity index (χ1) is 9.50. The van der Waals surface area contributed by atoms with Crippen LogP contribution < -0.4 is 0 Å². The second kappa shape index (κ2) is 5.27. The number of non-ortho nitro benzene ring substituents is 1. The fourth-order valence-corrected chi connectivity index (χ4v) is 1.71. The number of rotatable bonds is 4. The molecule has 0 unspecified atom stereocenters. The highest BCUT2D eigenvalue weighted by atomic mass is 16.6. The molecule has 0 saturated carbocycles. The number of para-hydroxylation sites is 1. The Morgan fingerprint density at radius 2 is 1.45 bits per heavy atom. The normalized spacial score (nSPS) is 10.0. The molecular formula is C13H8N2O5. The maximum absolute atomic E-state index is 12.2. The van der Waals surface area contributed by atoms with Crippen molar-refractivity contribution in [2.45, 2.75) is 0 Å². The van der Waals surface area contributed by atoms with Crippen molar-refractivity contribution in [2.24, 2.45) is 0 Å². The van der Waals surface area contributed by atoms with E-state index in [1.54, 1.807) is 0 Å². The zero-order valence-corrected chi connectivity index (χ0v) is 10.1. The molecule has 0 heterocycles. The van der Waals surface area contributed by atoms with Crippen LogP contribution in [0, 0.1) is 20.2 Å². The molecular weight excluding hydrogens is 264 g/mol. The molecule has 0 amide bonds. The third kappa shape index (κ3) is 2.51. The predicted molar refractivity (Wildman–Crippen MR) is 69.6 cm³/mol. The molecule has 0 aliphatic rings. The number of carbonyl (C=O) groups is 1. The Hall–Kier alpha value is -3.09. The van der Waals surface area contributed by atoms with E-state index in [1.807, 2.05) is 0 Å². The Labute approximate surface area is 112 Å². The summed E-state index contributed by atoms with van der Waals surface area (Å²) in [7, 11) is 0. The average Bonchev–Trinajstić information content (AvgIpc) is 2.46. The highest BCUT2D eigenvalue weighted by molar-refractivity contribution is 6.11. The molecule has 2 aromatic rings. The molecule has 0 radical (unpaired) electrons. The van der Waals surface area contributed by atoms with Crippen molar-refractivity contribution in [3.05, 3.63) is 79.9 Å². The van der Waals surface area contributed by atoms with Gasteiger partial charge < -0.3 is 0 Å². The van der Waals surface area contributed by atoms with E-state index >= 15 is 0 Å². The van der Waals surface area contributed by atoms with Crippen LogP contribution in [-0.4, -0.2) is 15.6 Å². The van der Waals surface area contributed by atoms with Gasteiger partial charge in [-0.15, -0.1) is 0 Å². The number of nitro benzene ring substituents is 2. The molecule has 100 valence electrons. The second-order valence-corrected chi connectivity index (χ2v) is 3.91. The summed E-state index contributed by atoms with van der Waals surface area (Å²) in [5.74, 6) is -0.549. The van der Waals surface area contributed by atoms with Crippen LogP contribution in [0.3, 0.4) is 0 Å². The van der Waals surface area contributed by atoms with Gasteiger partial charge in [-0.2, -0.15) is 0 Å². The van der Waals surface area contributed by atoms with Crippen LogP contribution >= 0.6 is 0 Å². The van der Waals surface area contributed by atoms with E-state index < -0.39 is 15.6 Å². The first-order valence-electron chi connectivity index (χ1n) is 5.53. The van der Waals surface area contributed by atoms with Crippen molar-refractivity contribution < 1.29 is 14.6 Å². The van der Waals surface area contributed by atoms with Crippen LogP contribution in [0.5, 0.6) is 0 Å². The highest BCUT2D eigenvalue weighted by Crippen LogP contribution is 2.22. The van der Waals surface area contributed by atoms with Crippen LogP contribution in [0.4, 0.5) is 11.4 Å². The summed E-state index contributed by atoms with van der Waals surface area (Å²) in [6, 6.07) is 10.5. The number of benzene rings is 2. The van der Waals surface area contributed by atoms with Crippen LogP contribution in [-0.2, 0) is 0 Å². The second-order valence-electron chi connectivity index (χ2n) is 3.91. The molecule has 2 rings (SSSR count). The van der Waals surface area contributed by atoms with Crippen molar-refractivity contribution in [1.29, 1.82) is 0 Å². The number of ketones is 1. The summed E-state index contributed by atoms with van der Waals surface area (Å²) < 4.78 is 0. The zero-order valence-electron chi connectivity index (χ0n) is 10.1. The lowest BCUT2D eigenvalue weighted by Crippen LogP contribution is -2.05. The van der Waals surface area contributed by atoms with Gasteiger partial charge in [-0.05, 0) is 18.2 Å². The number of hydrogen-bond acceptors (Lipinski definition) is 5. The summed E-state index contributed by atoms with van der Waals surface area (Å²) >= 11 is 0. The Morgan fingerprint density at radius 1 is 0.850 bits per heavy atom. The molecule has 2 aromatic carbocycles. The van der Waals surface area contributed by atoms with Gasteiger partial charge in [0.05, 0.1) is 9.85 Å². The van der Waals surface area contributed by atoms with Gasteiger partial charge in [-0.1, -0.05) is 12.1 Å². The van der Waals surface area contributed by atoms with E-state index in [0.29, 0.717) is 0 Å². The molecule has 0 fully saturated rings. The molecule has 0 aliphatic carbocycles. The third-order valence-electron chi connectivity index (χ3n) is 2.69. The molecule has 7 nitrogen and oxygen atoms in total. The van der Waals surface area contributed by atoms with Crippen molar-refractivity contribution >= 4 is 17.2 Å². The van der Waals surface area contributed by atoms with Crippen molar-refractivity contribution in [1.82, 2.24) is 0 Å². The molecule has 0 aliphatic heterocycles. The van der Waals surface area contributed by atoms with Gasteiger partial charge in [-0.3, -0.25) is 25.0 Å². The molecule has 0 saturated heterocycles. The fourth-order valence-electron chi connectivity index (χ4n) is 1.71. The van der Waals surface area contributed by atoms with Crippen LogP contribution in [0.15, 0.2) is 48.5 Å².